The van der Waals surface area contributed by atoms with E-state index in [-0.39, 0.29) is 0 Å². The predicted molar refractivity (Wildman–Crippen MR) is 70.2 cm³/mol. The number of rotatable bonds is 5. The molecule has 1 N–H and O–H groups in total. The first-order chi connectivity index (χ1) is 8.17. The number of nitrogens with zero attached hydrogens (tertiary/aromatic N) is 1. The van der Waals surface area contributed by atoms with Gasteiger partial charge in [0.15, 0.2) is 0 Å². The molecule has 0 saturated heterocycles. The van der Waals surface area contributed by atoms with Gasteiger partial charge in [-0.15, -0.1) is 0 Å². The van der Waals surface area contributed by atoms with Crippen LogP contribution >= 0.6 is 0 Å². The fourth-order valence-electron chi connectivity index (χ4n) is 3.10. The lowest BCUT2D eigenvalue weighted by Gasteiger charge is -2.41. The lowest BCUT2D eigenvalue weighted by atomic mass is 9.82. The summed E-state index contributed by atoms with van der Waals surface area (Å²) >= 11 is 0. The van der Waals surface area contributed by atoms with E-state index < -0.39 is 11.5 Å². The van der Waals surface area contributed by atoms with Gasteiger partial charge in [0.05, 0.1) is 0 Å². The molecule has 0 aromatic carbocycles. The first-order valence-corrected chi connectivity index (χ1v) is 7.16. The van der Waals surface area contributed by atoms with E-state index in [1.54, 1.807) is 0 Å². The molecule has 1 aliphatic rings. The maximum absolute atomic E-state index is 11.8. The van der Waals surface area contributed by atoms with Crippen LogP contribution in [0.25, 0.3) is 0 Å². The molecule has 17 heavy (non-hydrogen) atoms. The zero-order valence-corrected chi connectivity index (χ0v) is 11.4. The SMILES string of the molecule is CCCN(CC)C1(C(=O)O)CCCCCCC1. The van der Waals surface area contributed by atoms with Gasteiger partial charge in [-0.25, -0.2) is 0 Å². The van der Waals surface area contributed by atoms with E-state index >= 15 is 0 Å². The molecule has 0 spiro atoms. The zero-order chi connectivity index (χ0) is 12.7. The molecule has 1 fully saturated rings. The number of carboxylic acids is 1. The molecule has 1 rings (SSSR count). The standard InChI is InChI=1S/C14H27NO2/c1-3-12-15(4-2)14(13(16)17)10-8-6-5-7-9-11-14/h3-12H2,1-2H3,(H,16,17). The second kappa shape index (κ2) is 7.00. The molecule has 0 unspecified atom stereocenters. The van der Waals surface area contributed by atoms with Gasteiger partial charge in [0.1, 0.15) is 5.54 Å². The van der Waals surface area contributed by atoms with Gasteiger partial charge in [-0.3, -0.25) is 9.69 Å². The molecule has 1 aliphatic carbocycles. The maximum Gasteiger partial charge on any atom is 0.324 e. The molecule has 0 aromatic rings. The Bertz CT molecular complexity index is 232. The van der Waals surface area contributed by atoms with E-state index in [1.165, 1.54) is 19.3 Å². The summed E-state index contributed by atoms with van der Waals surface area (Å²) in [6.45, 7) is 5.96. The monoisotopic (exact) mass is 241 g/mol. The molecule has 0 radical (unpaired) electrons. The Kier molecular flexibility index (Phi) is 5.96. The van der Waals surface area contributed by atoms with Crippen molar-refractivity contribution >= 4 is 5.97 Å². The third-order valence-electron chi connectivity index (χ3n) is 4.06. The lowest BCUT2D eigenvalue weighted by molar-refractivity contribution is -0.153. The highest BCUT2D eigenvalue weighted by molar-refractivity contribution is 5.78. The average molecular weight is 241 g/mol. The molecule has 0 amide bonds. The van der Waals surface area contributed by atoms with Gasteiger partial charge >= 0.3 is 5.97 Å². The molecule has 0 atom stereocenters. The minimum Gasteiger partial charge on any atom is -0.480 e. The van der Waals surface area contributed by atoms with Crippen LogP contribution in [0.15, 0.2) is 0 Å². The van der Waals surface area contributed by atoms with Gasteiger partial charge in [-0.05, 0) is 32.4 Å². The van der Waals surface area contributed by atoms with Gasteiger partial charge in [0, 0.05) is 0 Å². The van der Waals surface area contributed by atoms with E-state index in [0.717, 1.165) is 45.2 Å². The van der Waals surface area contributed by atoms with Gasteiger partial charge < -0.3 is 5.11 Å². The molecule has 0 heterocycles. The summed E-state index contributed by atoms with van der Waals surface area (Å²) < 4.78 is 0. The normalized spacial score (nSPS) is 20.9. The lowest BCUT2D eigenvalue weighted by Crippen LogP contribution is -2.55. The number of aliphatic carboxylic acids is 1. The highest BCUT2D eigenvalue weighted by atomic mass is 16.4. The van der Waals surface area contributed by atoms with Crippen molar-refractivity contribution in [1.82, 2.24) is 4.90 Å². The predicted octanol–water partition coefficient (Wildman–Crippen LogP) is 3.29. The van der Waals surface area contributed by atoms with Crippen LogP contribution in [0.4, 0.5) is 0 Å². The van der Waals surface area contributed by atoms with E-state index in [4.69, 9.17) is 0 Å². The first-order valence-electron chi connectivity index (χ1n) is 7.16. The molecular weight excluding hydrogens is 214 g/mol. The first kappa shape index (κ1) is 14.5. The number of hydrogen-bond acceptors (Lipinski definition) is 2. The molecule has 1 saturated carbocycles. The molecular formula is C14H27NO2. The van der Waals surface area contributed by atoms with Crippen LogP contribution in [-0.2, 0) is 4.79 Å². The number of carboxylic acid groups (broad SMARTS) is 1. The van der Waals surface area contributed by atoms with Crippen LogP contribution in [0.2, 0.25) is 0 Å². The Labute approximate surface area is 105 Å². The van der Waals surface area contributed by atoms with Crippen molar-refractivity contribution in [3.8, 4) is 0 Å². The van der Waals surface area contributed by atoms with Crippen LogP contribution in [0.5, 0.6) is 0 Å². The minimum atomic E-state index is -0.602. The minimum absolute atomic E-state index is 0.578. The second-order valence-electron chi connectivity index (χ2n) is 5.18. The summed E-state index contributed by atoms with van der Waals surface area (Å²) in [5.41, 5.74) is -0.578. The van der Waals surface area contributed by atoms with Crippen LogP contribution in [-0.4, -0.2) is 34.6 Å². The Morgan fingerprint density at radius 3 is 2.06 bits per heavy atom. The highest BCUT2D eigenvalue weighted by Crippen LogP contribution is 2.32. The summed E-state index contributed by atoms with van der Waals surface area (Å²) in [4.78, 5) is 14.0. The third-order valence-corrected chi connectivity index (χ3v) is 4.06. The number of likely N-dealkylation sites (N-methyl/N-ethyl adjacent to an activating group) is 1. The number of hydrogen-bond donors (Lipinski definition) is 1. The summed E-state index contributed by atoms with van der Waals surface area (Å²) in [6, 6.07) is 0. The Balaban J connectivity index is 2.86. The Morgan fingerprint density at radius 2 is 1.65 bits per heavy atom. The van der Waals surface area contributed by atoms with Crippen LogP contribution in [0, 0.1) is 0 Å². The van der Waals surface area contributed by atoms with Crippen molar-refractivity contribution in [2.75, 3.05) is 13.1 Å². The summed E-state index contributed by atoms with van der Waals surface area (Å²) in [5, 5.41) is 9.69. The van der Waals surface area contributed by atoms with Gasteiger partial charge in [-0.2, -0.15) is 0 Å². The Hall–Kier alpha value is -0.570. The molecule has 100 valence electrons. The van der Waals surface area contributed by atoms with E-state index in [0.29, 0.717) is 0 Å². The molecule has 3 heteroatoms. The zero-order valence-electron chi connectivity index (χ0n) is 11.4. The van der Waals surface area contributed by atoms with E-state index in [9.17, 15) is 9.90 Å². The molecule has 3 nitrogen and oxygen atoms in total. The quantitative estimate of drug-likeness (QED) is 0.803. The smallest absolute Gasteiger partial charge is 0.324 e. The van der Waals surface area contributed by atoms with Crippen molar-refractivity contribution in [3.63, 3.8) is 0 Å². The summed E-state index contributed by atoms with van der Waals surface area (Å²) in [7, 11) is 0. The topological polar surface area (TPSA) is 40.5 Å². The van der Waals surface area contributed by atoms with Crippen molar-refractivity contribution in [3.05, 3.63) is 0 Å². The number of carbonyl (C=O) groups is 1. The van der Waals surface area contributed by atoms with Crippen LogP contribution in [0.1, 0.15) is 65.2 Å². The fourth-order valence-corrected chi connectivity index (χ4v) is 3.10. The maximum atomic E-state index is 11.8. The molecule has 0 aliphatic heterocycles. The van der Waals surface area contributed by atoms with Crippen molar-refractivity contribution in [2.45, 2.75) is 70.8 Å². The fraction of sp³-hybridized carbons (Fsp3) is 0.929. The van der Waals surface area contributed by atoms with Crippen molar-refractivity contribution < 1.29 is 9.90 Å². The second-order valence-corrected chi connectivity index (χ2v) is 5.18. The van der Waals surface area contributed by atoms with Crippen molar-refractivity contribution in [1.29, 1.82) is 0 Å². The van der Waals surface area contributed by atoms with E-state index in [2.05, 4.69) is 18.7 Å². The van der Waals surface area contributed by atoms with Gasteiger partial charge in [0.2, 0.25) is 0 Å². The highest BCUT2D eigenvalue weighted by Gasteiger charge is 2.42. The van der Waals surface area contributed by atoms with Crippen LogP contribution in [0.3, 0.4) is 0 Å². The van der Waals surface area contributed by atoms with Gasteiger partial charge in [0.25, 0.3) is 0 Å². The van der Waals surface area contributed by atoms with Crippen molar-refractivity contribution in [2.24, 2.45) is 0 Å². The van der Waals surface area contributed by atoms with E-state index in [1.807, 2.05) is 0 Å². The molecule has 0 aromatic heterocycles. The summed E-state index contributed by atoms with van der Waals surface area (Å²) in [5.74, 6) is -0.602. The van der Waals surface area contributed by atoms with Crippen LogP contribution < -0.4 is 0 Å². The van der Waals surface area contributed by atoms with Gasteiger partial charge in [-0.1, -0.05) is 46.0 Å². The summed E-state index contributed by atoms with van der Waals surface area (Å²) in [6.07, 6.45) is 8.47. The third kappa shape index (κ3) is 3.44. The average Bonchev–Trinajstić information content (AvgIpc) is 2.26. The molecule has 0 bridgehead atoms. The largest absolute Gasteiger partial charge is 0.480 e. The Morgan fingerprint density at radius 1 is 1.12 bits per heavy atom.